The van der Waals surface area contributed by atoms with Gasteiger partial charge in [0.1, 0.15) is 0 Å². The molecule has 6 heteroatoms. The third kappa shape index (κ3) is 4.57. The molecule has 5 aliphatic carbocycles. The van der Waals surface area contributed by atoms with Crippen LogP contribution in [0.3, 0.4) is 0 Å². The second kappa shape index (κ2) is 10.1. The van der Waals surface area contributed by atoms with E-state index in [4.69, 9.17) is 4.84 Å². The number of carbonyl (C=O) groups is 2. The molecule has 0 radical (unpaired) electrons. The van der Waals surface area contributed by atoms with Gasteiger partial charge >= 0.3 is 6.09 Å². The van der Waals surface area contributed by atoms with E-state index in [0.717, 1.165) is 69.7 Å². The third-order valence-corrected chi connectivity index (χ3v) is 12.3. The highest BCUT2D eigenvalue weighted by Gasteiger charge is 2.59. The fourth-order valence-electron chi connectivity index (χ4n) is 9.85. The highest BCUT2D eigenvalue weighted by atomic mass is 16.7. The fraction of sp³-hybridized carbons (Fsp3) is 0.844. The molecule has 4 saturated carbocycles. The molecule has 8 atom stereocenters. The van der Waals surface area contributed by atoms with Crippen LogP contribution >= 0.6 is 0 Å². The van der Waals surface area contributed by atoms with Crippen LogP contribution in [0.2, 0.25) is 0 Å². The lowest BCUT2D eigenvalue weighted by molar-refractivity contribution is -0.117. The molecular weight excluding hydrogens is 474 g/mol. The van der Waals surface area contributed by atoms with E-state index >= 15 is 0 Å². The second-order valence-corrected chi connectivity index (χ2v) is 14.3. The van der Waals surface area contributed by atoms with Crippen molar-refractivity contribution in [3.8, 4) is 0 Å². The minimum atomic E-state index is -0.257. The number of fused-ring (bicyclic) bond motifs is 5. The van der Waals surface area contributed by atoms with Gasteiger partial charge in [-0.25, -0.2) is 4.79 Å². The van der Waals surface area contributed by atoms with Gasteiger partial charge in [-0.1, -0.05) is 31.5 Å². The van der Waals surface area contributed by atoms with Gasteiger partial charge < -0.3 is 10.2 Å². The Labute approximate surface area is 229 Å². The van der Waals surface area contributed by atoms with Gasteiger partial charge in [0.2, 0.25) is 0 Å². The van der Waals surface area contributed by atoms with Crippen molar-refractivity contribution < 1.29 is 14.4 Å². The second-order valence-electron chi connectivity index (χ2n) is 14.3. The first-order valence-electron chi connectivity index (χ1n) is 15.7. The summed E-state index contributed by atoms with van der Waals surface area (Å²) in [5.74, 6) is 3.54. The number of nitrogens with one attached hydrogen (secondary N) is 1. The lowest BCUT2D eigenvalue weighted by atomic mass is 9.46. The van der Waals surface area contributed by atoms with Crippen LogP contribution < -0.4 is 5.32 Å². The Kier molecular flexibility index (Phi) is 7.02. The van der Waals surface area contributed by atoms with Gasteiger partial charge in [-0.3, -0.25) is 9.63 Å². The molecule has 1 saturated heterocycles. The molecule has 1 heterocycles. The Morgan fingerprint density at radius 3 is 2.63 bits per heavy atom. The maximum absolute atomic E-state index is 13.1. The van der Waals surface area contributed by atoms with E-state index in [1.54, 1.807) is 0 Å². The summed E-state index contributed by atoms with van der Waals surface area (Å²) < 4.78 is 0. The molecule has 6 nitrogen and oxygen atoms in total. The number of rotatable bonds is 6. The van der Waals surface area contributed by atoms with Crippen molar-refractivity contribution in [3.05, 3.63) is 11.6 Å². The minimum Gasteiger partial charge on any atom is -0.314 e. The van der Waals surface area contributed by atoms with Crippen LogP contribution in [0, 0.1) is 40.4 Å². The fourth-order valence-corrected chi connectivity index (χ4v) is 9.85. The Morgan fingerprint density at radius 2 is 1.89 bits per heavy atom. The van der Waals surface area contributed by atoms with Crippen molar-refractivity contribution in [1.82, 2.24) is 10.2 Å². The standard InChI is InChI=1S/C32H49N3O3/c1-20-13-17-33-29(20)14-18-35(23-6-7-23)30(37)38-34-21(2)26-9-10-27-25-8-5-22-19-24(36)11-15-31(22,3)28(25)12-16-32(26,27)4/h19-20,23,25-29,33H,5-18H2,1-4H3/b34-21+/t20?,25-,26+,27-,28-,29?,31-,32+/m0/s1. The van der Waals surface area contributed by atoms with E-state index in [2.05, 4.69) is 38.2 Å². The van der Waals surface area contributed by atoms with Crippen molar-refractivity contribution in [2.45, 2.75) is 117 Å². The number of hydrogen-bond donors (Lipinski definition) is 1. The smallest absolute Gasteiger partial charge is 0.314 e. The number of oxime groups is 1. The molecule has 0 aromatic rings. The summed E-state index contributed by atoms with van der Waals surface area (Å²) in [7, 11) is 0. The van der Waals surface area contributed by atoms with E-state index in [1.807, 2.05) is 11.0 Å². The number of carbonyl (C=O) groups excluding carboxylic acids is 2. The predicted molar refractivity (Wildman–Crippen MR) is 150 cm³/mol. The minimum absolute atomic E-state index is 0.215. The zero-order chi connectivity index (χ0) is 26.7. The van der Waals surface area contributed by atoms with Crippen molar-refractivity contribution >= 4 is 17.6 Å². The van der Waals surface area contributed by atoms with Gasteiger partial charge in [0.05, 0.1) is 5.71 Å². The quantitative estimate of drug-likeness (QED) is 0.245. The van der Waals surface area contributed by atoms with Crippen LogP contribution in [0.5, 0.6) is 0 Å². The van der Waals surface area contributed by atoms with Gasteiger partial charge in [0.25, 0.3) is 0 Å². The van der Waals surface area contributed by atoms with E-state index in [1.165, 1.54) is 37.7 Å². The zero-order valence-corrected chi connectivity index (χ0v) is 24.1. The monoisotopic (exact) mass is 523 g/mol. The van der Waals surface area contributed by atoms with Crippen molar-refractivity contribution in [2.75, 3.05) is 13.1 Å². The Bertz CT molecular complexity index is 1020. The van der Waals surface area contributed by atoms with E-state index in [9.17, 15) is 9.59 Å². The van der Waals surface area contributed by atoms with Gasteiger partial charge in [0.15, 0.2) is 5.78 Å². The largest absolute Gasteiger partial charge is 0.436 e. The molecule has 38 heavy (non-hydrogen) atoms. The Morgan fingerprint density at radius 1 is 1.08 bits per heavy atom. The van der Waals surface area contributed by atoms with Crippen molar-refractivity contribution in [3.63, 3.8) is 0 Å². The summed E-state index contributed by atoms with van der Waals surface area (Å²) in [4.78, 5) is 32.9. The van der Waals surface area contributed by atoms with Crippen LogP contribution in [0.15, 0.2) is 16.8 Å². The Hall–Kier alpha value is -1.69. The molecule has 6 aliphatic rings. The number of hydrogen-bond acceptors (Lipinski definition) is 5. The normalized spacial score (nSPS) is 42.7. The molecule has 0 bridgehead atoms. The SMILES string of the molecule is C/C(=N\OC(=O)N(CCC1NCCC1C)C1CC1)[C@H]1CC[C@H]2[C@@H]3CCC4=CC(=O)CC[C@]4(C)[C@H]3CC[C@]12C. The average molecular weight is 524 g/mol. The van der Waals surface area contributed by atoms with Crippen LogP contribution in [0.4, 0.5) is 4.79 Å². The maximum Gasteiger partial charge on any atom is 0.436 e. The van der Waals surface area contributed by atoms with Crippen LogP contribution in [0.25, 0.3) is 0 Å². The third-order valence-electron chi connectivity index (χ3n) is 12.3. The van der Waals surface area contributed by atoms with Gasteiger partial charge in [-0.05, 0) is 125 Å². The lowest BCUT2D eigenvalue weighted by Gasteiger charge is -2.58. The van der Waals surface area contributed by atoms with Crippen LogP contribution in [-0.4, -0.2) is 47.7 Å². The first-order chi connectivity index (χ1) is 18.2. The molecule has 2 unspecified atom stereocenters. The zero-order valence-electron chi connectivity index (χ0n) is 24.1. The number of nitrogens with zero attached hydrogens (tertiary/aromatic N) is 2. The summed E-state index contributed by atoms with van der Waals surface area (Å²) in [6, 6.07) is 0.836. The molecule has 5 fully saturated rings. The van der Waals surface area contributed by atoms with Crippen molar-refractivity contribution in [2.24, 2.45) is 45.6 Å². The molecule has 1 aliphatic heterocycles. The summed E-state index contributed by atoms with van der Waals surface area (Å²) in [5.41, 5.74) is 2.89. The first kappa shape index (κ1) is 26.5. The van der Waals surface area contributed by atoms with E-state index in [-0.39, 0.29) is 16.9 Å². The number of allylic oxidation sites excluding steroid dienone is 1. The average Bonchev–Trinajstić information content (AvgIpc) is 3.54. The first-order valence-corrected chi connectivity index (χ1v) is 15.7. The van der Waals surface area contributed by atoms with Gasteiger partial charge in [-0.2, -0.15) is 0 Å². The van der Waals surface area contributed by atoms with Crippen LogP contribution in [-0.2, 0) is 9.63 Å². The summed E-state index contributed by atoms with van der Waals surface area (Å²) in [6.45, 7) is 11.2. The van der Waals surface area contributed by atoms with Crippen molar-refractivity contribution in [1.29, 1.82) is 0 Å². The molecule has 6 rings (SSSR count). The maximum atomic E-state index is 13.1. The molecule has 0 spiro atoms. The topological polar surface area (TPSA) is 71.0 Å². The summed E-state index contributed by atoms with van der Waals surface area (Å²) in [6.07, 6.45) is 15.1. The molecular formula is C32H49N3O3. The summed E-state index contributed by atoms with van der Waals surface area (Å²) in [5, 5.41) is 8.12. The van der Waals surface area contributed by atoms with Gasteiger partial charge in [-0.15, -0.1) is 0 Å². The van der Waals surface area contributed by atoms with E-state index < -0.39 is 0 Å². The highest BCUT2D eigenvalue weighted by molar-refractivity contribution is 5.91. The van der Waals surface area contributed by atoms with Gasteiger partial charge in [0, 0.05) is 31.0 Å². The molecule has 1 amide bonds. The molecule has 0 aromatic heterocycles. The molecule has 210 valence electrons. The Balaban J connectivity index is 1.11. The molecule has 0 aromatic carbocycles. The van der Waals surface area contributed by atoms with Crippen LogP contribution in [0.1, 0.15) is 105 Å². The number of amides is 1. The molecule has 1 N–H and O–H groups in total. The van der Waals surface area contributed by atoms with E-state index in [0.29, 0.717) is 41.5 Å². The highest BCUT2D eigenvalue weighted by Crippen LogP contribution is 2.66. The predicted octanol–water partition coefficient (Wildman–Crippen LogP) is 6.50. The number of ketones is 1. The lowest BCUT2D eigenvalue weighted by Crippen LogP contribution is -2.51. The summed E-state index contributed by atoms with van der Waals surface area (Å²) >= 11 is 0.